The minimum absolute atomic E-state index is 0.0568. The van der Waals surface area contributed by atoms with Gasteiger partial charge in [0.1, 0.15) is 12.0 Å². The van der Waals surface area contributed by atoms with Crippen LogP contribution in [0.5, 0.6) is 0 Å². The molecular formula is C21H32N6. The molecule has 146 valence electrons. The van der Waals surface area contributed by atoms with E-state index in [0.717, 1.165) is 24.1 Å². The van der Waals surface area contributed by atoms with E-state index in [0.29, 0.717) is 23.4 Å². The summed E-state index contributed by atoms with van der Waals surface area (Å²) < 4.78 is 0. The molecule has 2 aromatic rings. The first kappa shape index (κ1) is 19.4. The summed E-state index contributed by atoms with van der Waals surface area (Å²) in [6, 6.07) is 6.56. The molecule has 1 saturated heterocycles. The summed E-state index contributed by atoms with van der Waals surface area (Å²) in [5.74, 6) is 1.32. The highest BCUT2D eigenvalue weighted by Gasteiger charge is 2.37. The van der Waals surface area contributed by atoms with Crippen molar-refractivity contribution in [2.45, 2.75) is 71.5 Å². The third kappa shape index (κ3) is 4.69. The summed E-state index contributed by atoms with van der Waals surface area (Å²) in [5, 5.41) is 10.6. The van der Waals surface area contributed by atoms with Gasteiger partial charge < -0.3 is 21.7 Å². The molecule has 3 rings (SSSR count). The molecule has 6 nitrogen and oxygen atoms in total. The Balaban J connectivity index is 1.81. The van der Waals surface area contributed by atoms with Crippen LogP contribution in [0.1, 0.15) is 51.7 Å². The fourth-order valence-corrected chi connectivity index (χ4v) is 4.31. The Morgan fingerprint density at radius 1 is 1.04 bits per heavy atom. The lowest BCUT2D eigenvalue weighted by molar-refractivity contribution is 0.170. The van der Waals surface area contributed by atoms with Crippen molar-refractivity contribution in [3.05, 3.63) is 35.7 Å². The molecule has 0 bridgehead atoms. The maximum atomic E-state index is 6.40. The average molecular weight is 369 g/mol. The molecule has 6 heteroatoms. The fraction of sp³-hybridized carbons (Fsp3) is 0.524. The standard InChI is InChI=1S/C21H32N6/c1-13-7-8-16(14(2)9-13)26-19-17(22)18(23-12-24-19)25-15-10-20(3,4)27-21(5,6)11-15/h7-9,12,15,27H,10-11,22H2,1-6H3,(H2,23,24,25,26). The number of aromatic nitrogens is 2. The third-order valence-corrected chi connectivity index (χ3v) is 5.05. The van der Waals surface area contributed by atoms with Crippen LogP contribution in [0.3, 0.4) is 0 Å². The number of anilines is 4. The largest absolute Gasteiger partial charge is 0.393 e. The molecule has 5 N–H and O–H groups in total. The van der Waals surface area contributed by atoms with Crippen LogP contribution in [-0.2, 0) is 0 Å². The van der Waals surface area contributed by atoms with Gasteiger partial charge in [0.15, 0.2) is 11.6 Å². The predicted molar refractivity (Wildman–Crippen MR) is 114 cm³/mol. The predicted octanol–water partition coefficient (Wildman–Crippen LogP) is 4.14. The van der Waals surface area contributed by atoms with Gasteiger partial charge in [0.2, 0.25) is 0 Å². The lowest BCUT2D eigenvalue weighted by Crippen LogP contribution is -2.60. The second kappa shape index (κ2) is 7.00. The zero-order valence-electron chi connectivity index (χ0n) is 17.3. The van der Waals surface area contributed by atoms with Crippen molar-refractivity contribution in [3.63, 3.8) is 0 Å². The Bertz CT molecular complexity index is 811. The van der Waals surface area contributed by atoms with E-state index in [1.165, 1.54) is 5.56 Å². The SMILES string of the molecule is Cc1ccc(Nc2ncnc(NC3CC(C)(C)NC(C)(C)C3)c2N)c(C)c1. The first-order valence-electron chi connectivity index (χ1n) is 9.55. The zero-order chi connectivity index (χ0) is 19.8. The Morgan fingerprint density at radius 3 is 2.30 bits per heavy atom. The van der Waals surface area contributed by atoms with Gasteiger partial charge >= 0.3 is 0 Å². The fourth-order valence-electron chi connectivity index (χ4n) is 4.31. The Hall–Kier alpha value is -2.34. The number of hydrogen-bond acceptors (Lipinski definition) is 6. The van der Waals surface area contributed by atoms with Gasteiger partial charge in [0.25, 0.3) is 0 Å². The Morgan fingerprint density at radius 2 is 1.67 bits per heavy atom. The van der Waals surface area contributed by atoms with E-state index in [1.807, 2.05) is 0 Å². The average Bonchev–Trinajstić information content (AvgIpc) is 2.50. The number of nitrogen functional groups attached to an aromatic ring is 1. The molecule has 1 aromatic carbocycles. The maximum Gasteiger partial charge on any atom is 0.159 e. The van der Waals surface area contributed by atoms with E-state index < -0.39 is 0 Å². The van der Waals surface area contributed by atoms with Gasteiger partial charge in [-0.1, -0.05) is 17.7 Å². The van der Waals surface area contributed by atoms with E-state index in [2.05, 4.69) is 85.7 Å². The van der Waals surface area contributed by atoms with Crippen molar-refractivity contribution < 1.29 is 0 Å². The minimum atomic E-state index is 0.0568. The second-order valence-corrected chi connectivity index (χ2v) is 9.07. The van der Waals surface area contributed by atoms with Crippen molar-refractivity contribution in [3.8, 4) is 0 Å². The molecule has 0 spiro atoms. The number of nitrogens with two attached hydrogens (primary N) is 1. The molecule has 0 radical (unpaired) electrons. The minimum Gasteiger partial charge on any atom is -0.393 e. The molecule has 1 aromatic heterocycles. The van der Waals surface area contributed by atoms with Crippen LogP contribution >= 0.6 is 0 Å². The number of benzene rings is 1. The number of aryl methyl sites for hydroxylation is 2. The van der Waals surface area contributed by atoms with Crippen LogP contribution in [0.2, 0.25) is 0 Å². The lowest BCUT2D eigenvalue weighted by Gasteiger charge is -2.46. The smallest absolute Gasteiger partial charge is 0.159 e. The number of piperidine rings is 1. The summed E-state index contributed by atoms with van der Waals surface area (Å²) in [4.78, 5) is 8.75. The van der Waals surface area contributed by atoms with Crippen molar-refractivity contribution in [2.75, 3.05) is 16.4 Å². The summed E-state index contributed by atoms with van der Waals surface area (Å²) in [7, 11) is 0. The topological polar surface area (TPSA) is 87.9 Å². The molecule has 1 aliphatic heterocycles. The van der Waals surface area contributed by atoms with Crippen LogP contribution in [0.4, 0.5) is 23.0 Å². The number of rotatable bonds is 4. The van der Waals surface area contributed by atoms with Gasteiger partial charge in [-0.2, -0.15) is 0 Å². The van der Waals surface area contributed by atoms with Crippen LogP contribution in [-0.4, -0.2) is 27.1 Å². The summed E-state index contributed by atoms with van der Waals surface area (Å²) in [5.41, 5.74) is 10.4. The molecule has 2 heterocycles. The summed E-state index contributed by atoms with van der Waals surface area (Å²) in [6.45, 7) is 13.1. The molecule has 0 saturated carbocycles. The zero-order valence-corrected chi connectivity index (χ0v) is 17.3. The highest BCUT2D eigenvalue weighted by molar-refractivity contribution is 5.78. The Labute approximate surface area is 162 Å². The normalized spacial score (nSPS) is 18.9. The number of hydrogen-bond donors (Lipinski definition) is 4. The molecule has 0 aliphatic carbocycles. The highest BCUT2D eigenvalue weighted by Crippen LogP contribution is 2.33. The molecule has 27 heavy (non-hydrogen) atoms. The van der Waals surface area contributed by atoms with E-state index >= 15 is 0 Å². The third-order valence-electron chi connectivity index (χ3n) is 5.05. The van der Waals surface area contributed by atoms with Gasteiger partial charge in [-0.05, 0) is 66.0 Å². The molecule has 0 unspecified atom stereocenters. The first-order valence-corrected chi connectivity index (χ1v) is 9.55. The Kier molecular flexibility index (Phi) is 5.04. The van der Waals surface area contributed by atoms with Crippen LogP contribution in [0, 0.1) is 13.8 Å². The summed E-state index contributed by atoms with van der Waals surface area (Å²) in [6.07, 6.45) is 3.56. The van der Waals surface area contributed by atoms with E-state index in [9.17, 15) is 0 Å². The van der Waals surface area contributed by atoms with Crippen LogP contribution in [0.25, 0.3) is 0 Å². The molecule has 1 aliphatic rings. The maximum absolute atomic E-state index is 6.40. The number of nitrogens with zero attached hydrogens (tertiary/aromatic N) is 2. The van der Waals surface area contributed by atoms with Crippen molar-refractivity contribution in [2.24, 2.45) is 0 Å². The second-order valence-electron chi connectivity index (χ2n) is 9.07. The van der Waals surface area contributed by atoms with E-state index in [-0.39, 0.29) is 11.1 Å². The summed E-state index contributed by atoms with van der Waals surface area (Å²) >= 11 is 0. The molecule has 0 amide bonds. The van der Waals surface area contributed by atoms with Crippen LogP contribution < -0.4 is 21.7 Å². The van der Waals surface area contributed by atoms with Crippen molar-refractivity contribution >= 4 is 23.0 Å². The molecule has 0 atom stereocenters. The molecule has 1 fully saturated rings. The lowest BCUT2D eigenvalue weighted by atomic mass is 9.79. The van der Waals surface area contributed by atoms with Gasteiger partial charge in [-0.25, -0.2) is 9.97 Å². The van der Waals surface area contributed by atoms with Gasteiger partial charge in [0.05, 0.1) is 0 Å². The van der Waals surface area contributed by atoms with Gasteiger partial charge in [-0.15, -0.1) is 0 Å². The quantitative estimate of drug-likeness (QED) is 0.649. The number of nitrogens with one attached hydrogen (secondary N) is 3. The monoisotopic (exact) mass is 368 g/mol. The van der Waals surface area contributed by atoms with E-state index in [1.54, 1.807) is 6.33 Å². The first-order chi connectivity index (χ1) is 12.5. The highest BCUT2D eigenvalue weighted by atomic mass is 15.1. The van der Waals surface area contributed by atoms with Gasteiger partial charge in [0, 0.05) is 22.8 Å². The van der Waals surface area contributed by atoms with Crippen molar-refractivity contribution in [1.82, 2.24) is 15.3 Å². The molecular weight excluding hydrogens is 336 g/mol. The van der Waals surface area contributed by atoms with Crippen molar-refractivity contribution in [1.29, 1.82) is 0 Å². The van der Waals surface area contributed by atoms with E-state index in [4.69, 9.17) is 5.73 Å². The van der Waals surface area contributed by atoms with Gasteiger partial charge in [-0.3, -0.25) is 0 Å². The van der Waals surface area contributed by atoms with Crippen LogP contribution in [0.15, 0.2) is 24.5 Å².